The van der Waals surface area contributed by atoms with Crippen LogP contribution < -0.4 is 0 Å². The van der Waals surface area contributed by atoms with Gasteiger partial charge in [0.1, 0.15) is 5.56 Å². The molecule has 8 heteroatoms. The fourth-order valence-corrected chi connectivity index (χ4v) is 3.64. The first-order valence-electron chi connectivity index (χ1n) is 9.80. The monoisotopic (exact) mass is 402 g/mol. The lowest BCUT2D eigenvalue weighted by atomic mass is 9.97. The van der Waals surface area contributed by atoms with E-state index in [1.54, 1.807) is 4.68 Å². The molecule has 0 aliphatic carbocycles. The van der Waals surface area contributed by atoms with Gasteiger partial charge in [0.05, 0.1) is 11.4 Å². The van der Waals surface area contributed by atoms with Crippen molar-refractivity contribution in [3.05, 3.63) is 71.0 Å². The highest BCUT2D eigenvalue weighted by Crippen LogP contribution is 2.30. The van der Waals surface area contributed by atoms with E-state index in [2.05, 4.69) is 25.7 Å². The molecular weight excluding hydrogens is 380 g/mol. The van der Waals surface area contributed by atoms with Crippen molar-refractivity contribution in [2.24, 2.45) is 0 Å². The molecule has 4 aromatic rings. The van der Waals surface area contributed by atoms with Gasteiger partial charge in [0.2, 0.25) is 5.82 Å². The summed E-state index contributed by atoms with van der Waals surface area (Å²) in [5.41, 5.74) is 5.50. The van der Waals surface area contributed by atoms with Gasteiger partial charge in [0.15, 0.2) is 0 Å². The Morgan fingerprint density at radius 1 is 1.10 bits per heavy atom. The predicted octanol–water partition coefficient (Wildman–Crippen LogP) is 3.74. The van der Waals surface area contributed by atoms with Crippen molar-refractivity contribution >= 4 is 5.97 Å². The third-order valence-electron chi connectivity index (χ3n) is 5.08. The Morgan fingerprint density at radius 3 is 2.47 bits per heavy atom. The number of aryl methyl sites for hydroxylation is 1. The first kappa shape index (κ1) is 19.5. The van der Waals surface area contributed by atoms with E-state index in [9.17, 15) is 9.90 Å². The van der Waals surface area contributed by atoms with Gasteiger partial charge < -0.3 is 5.11 Å². The van der Waals surface area contributed by atoms with E-state index < -0.39 is 5.97 Å². The van der Waals surface area contributed by atoms with E-state index >= 15 is 0 Å². The Morgan fingerprint density at radius 2 is 1.83 bits per heavy atom. The summed E-state index contributed by atoms with van der Waals surface area (Å²) in [6.45, 7) is 4.57. The molecule has 8 nitrogen and oxygen atoms in total. The molecule has 0 saturated carbocycles. The molecule has 0 aliphatic rings. The molecule has 0 atom stereocenters. The van der Waals surface area contributed by atoms with E-state index in [0.29, 0.717) is 35.7 Å². The second-order valence-electron chi connectivity index (χ2n) is 7.09. The second kappa shape index (κ2) is 8.28. The van der Waals surface area contributed by atoms with E-state index in [4.69, 9.17) is 0 Å². The predicted molar refractivity (Wildman–Crippen MR) is 112 cm³/mol. The van der Waals surface area contributed by atoms with Gasteiger partial charge in [-0.05, 0) is 35.2 Å². The zero-order valence-electron chi connectivity index (χ0n) is 16.8. The van der Waals surface area contributed by atoms with Crippen LogP contribution in [-0.4, -0.2) is 41.5 Å². The van der Waals surface area contributed by atoms with Crippen molar-refractivity contribution < 1.29 is 9.90 Å². The van der Waals surface area contributed by atoms with Crippen LogP contribution in [0.4, 0.5) is 0 Å². The van der Waals surface area contributed by atoms with Crippen LogP contribution in [0, 0.1) is 6.92 Å². The number of benzene rings is 2. The van der Waals surface area contributed by atoms with Crippen LogP contribution in [0.25, 0.3) is 22.5 Å². The van der Waals surface area contributed by atoms with Crippen LogP contribution in [0.5, 0.6) is 0 Å². The Balaban J connectivity index is 1.64. The summed E-state index contributed by atoms with van der Waals surface area (Å²) in [5, 5.41) is 28.5. The number of carboxylic acids is 1. The Kier molecular flexibility index (Phi) is 5.38. The zero-order valence-corrected chi connectivity index (χ0v) is 16.8. The Hall–Kier alpha value is -3.81. The minimum absolute atomic E-state index is 0.301. The van der Waals surface area contributed by atoms with Gasteiger partial charge in [-0.3, -0.25) is 4.68 Å². The van der Waals surface area contributed by atoms with Gasteiger partial charge >= 0.3 is 5.97 Å². The van der Waals surface area contributed by atoms with Crippen LogP contribution in [0.2, 0.25) is 0 Å². The van der Waals surface area contributed by atoms with E-state index in [0.717, 1.165) is 28.7 Å². The molecule has 0 amide bonds. The summed E-state index contributed by atoms with van der Waals surface area (Å²) in [4.78, 5) is 11.8. The molecule has 2 aromatic carbocycles. The highest BCUT2D eigenvalue weighted by atomic mass is 16.4. The van der Waals surface area contributed by atoms with Gasteiger partial charge in [0.25, 0.3) is 0 Å². The maximum Gasteiger partial charge on any atom is 0.339 e. The number of carbonyl (C=O) groups is 1. The Labute approximate surface area is 173 Å². The number of aromatic nitrogens is 6. The number of hydrogen-bond donors (Lipinski definition) is 2. The van der Waals surface area contributed by atoms with Crippen LogP contribution in [0.1, 0.15) is 40.7 Å². The van der Waals surface area contributed by atoms with Crippen molar-refractivity contribution in [1.29, 1.82) is 0 Å². The number of rotatable bonds is 7. The largest absolute Gasteiger partial charge is 0.478 e. The smallest absolute Gasteiger partial charge is 0.339 e. The number of hydrogen-bond acceptors (Lipinski definition) is 5. The van der Waals surface area contributed by atoms with Crippen molar-refractivity contribution in [3.63, 3.8) is 0 Å². The third-order valence-corrected chi connectivity index (χ3v) is 5.08. The average molecular weight is 402 g/mol. The summed E-state index contributed by atoms with van der Waals surface area (Å²) in [6.07, 6.45) is 1.36. The number of H-pyrrole nitrogens is 1. The molecule has 0 aliphatic heterocycles. The van der Waals surface area contributed by atoms with Gasteiger partial charge in [-0.15, -0.1) is 10.2 Å². The summed E-state index contributed by atoms with van der Waals surface area (Å²) < 4.78 is 1.79. The fourth-order valence-electron chi connectivity index (χ4n) is 3.64. The van der Waals surface area contributed by atoms with E-state index in [1.165, 1.54) is 0 Å². The first-order chi connectivity index (χ1) is 14.6. The standard InChI is InChI=1S/C22H22N6O2/c1-3-12-28-14(2)20(22(29)30)19(25-28)13-15-8-10-16(11-9-15)17-6-4-5-7-18(17)21-23-26-27-24-21/h4-11H,3,12-13H2,1-2H3,(H,29,30)(H,23,24,26,27). The highest BCUT2D eigenvalue weighted by molar-refractivity contribution is 5.90. The maximum absolute atomic E-state index is 11.8. The lowest BCUT2D eigenvalue weighted by molar-refractivity contribution is 0.0695. The van der Waals surface area contributed by atoms with Crippen molar-refractivity contribution in [2.75, 3.05) is 0 Å². The molecule has 0 bridgehead atoms. The molecule has 152 valence electrons. The molecule has 2 heterocycles. The van der Waals surface area contributed by atoms with Crippen molar-refractivity contribution in [2.45, 2.75) is 33.2 Å². The topological polar surface area (TPSA) is 110 Å². The number of nitrogens with one attached hydrogen (secondary N) is 1. The summed E-state index contributed by atoms with van der Waals surface area (Å²) >= 11 is 0. The summed E-state index contributed by atoms with van der Waals surface area (Å²) in [5.74, 6) is -0.395. The highest BCUT2D eigenvalue weighted by Gasteiger charge is 2.20. The van der Waals surface area contributed by atoms with E-state index in [-0.39, 0.29) is 0 Å². The molecule has 0 unspecified atom stereocenters. The molecule has 0 radical (unpaired) electrons. The summed E-state index contributed by atoms with van der Waals surface area (Å²) in [7, 11) is 0. The van der Waals surface area contributed by atoms with Crippen LogP contribution in [0.15, 0.2) is 48.5 Å². The lowest BCUT2D eigenvalue weighted by Gasteiger charge is -2.08. The van der Waals surface area contributed by atoms with Gasteiger partial charge in [-0.2, -0.15) is 10.3 Å². The molecule has 0 spiro atoms. The molecule has 2 aromatic heterocycles. The molecule has 0 fully saturated rings. The normalized spacial score (nSPS) is 11.0. The van der Waals surface area contributed by atoms with Crippen molar-refractivity contribution in [1.82, 2.24) is 30.4 Å². The molecule has 4 rings (SSSR count). The minimum Gasteiger partial charge on any atom is -0.478 e. The maximum atomic E-state index is 11.8. The number of nitrogens with zero attached hydrogens (tertiary/aromatic N) is 5. The van der Waals surface area contributed by atoms with Gasteiger partial charge in [0, 0.05) is 18.5 Å². The van der Waals surface area contributed by atoms with E-state index in [1.807, 2.05) is 62.4 Å². The minimum atomic E-state index is -0.935. The number of aromatic amines is 1. The second-order valence-corrected chi connectivity index (χ2v) is 7.09. The summed E-state index contributed by atoms with van der Waals surface area (Å²) in [6, 6.07) is 15.9. The average Bonchev–Trinajstić information content (AvgIpc) is 3.38. The first-order valence-corrected chi connectivity index (χ1v) is 9.80. The molecule has 30 heavy (non-hydrogen) atoms. The molecule has 0 saturated heterocycles. The number of carboxylic acid groups (broad SMARTS) is 1. The van der Waals surface area contributed by atoms with Crippen LogP contribution >= 0.6 is 0 Å². The van der Waals surface area contributed by atoms with Gasteiger partial charge in [-0.25, -0.2) is 4.79 Å². The quantitative estimate of drug-likeness (QED) is 0.487. The Bertz CT molecular complexity index is 1160. The number of tetrazole rings is 1. The van der Waals surface area contributed by atoms with Crippen LogP contribution in [0.3, 0.4) is 0 Å². The molecular formula is C22H22N6O2. The van der Waals surface area contributed by atoms with Crippen molar-refractivity contribution in [3.8, 4) is 22.5 Å². The molecule has 2 N–H and O–H groups in total. The van der Waals surface area contributed by atoms with Crippen LogP contribution in [-0.2, 0) is 13.0 Å². The number of aromatic carboxylic acids is 1. The third kappa shape index (κ3) is 3.71. The fraction of sp³-hybridized carbons (Fsp3) is 0.227. The van der Waals surface area contributed by atoms with Gasteiger partial charge in [-0.1, -0.05) is 55.5 Å². The SMILES string of the molecule is CCCn1nc(Cc2ccc(-c3ccccc3-c3nn[nH]n3)cc2)c(C(=O)O)c1C. The lowest BCUT2D eigenvalue weighted by Crippen LogP contribution is -2.04. The zero-order chi connectivity index (χ0) is 21.1.